The molecule has 8 nitrogen and oxygen atoms in total. The zero-order valence-electron chi connectivity index (χ0n) is 17.9. The van der Waals surface area contributed by atoms with Crippen molar-refractivity contribution in [2.45, 2.75) is 13.0 Å². The standard InChI is InChI=1S/C25H18FN5O3/c1-14(30-23-19-6-3-7-20(25(33)34)22(19)28-13-29-23)15-4-2-5-18(10-15)31-24(32)16-8-9-17(12-27)21(26)11-16/h2-11,13-14H,1H3,(H,31,32)(H,33,34)(H,28,29,30). The SMILES string of the molecule is CC(Nc1ncnc2c(C(=O)O)cccc12)c1cccc(NC(=O)c2ccc(C#N)c(F)c2)c1. The monoisotopic (exact) mass is 455 g/mol. The summed E-state index contributed by atoms with van der Waals surface area (Å²) < 4.78 is 13.9. The van der Waals surface area contributed by atoms with Gasteiger partial charge in [0.25, 0.3) is 5.91 Å². The lowest BCUT2D eigenvalue weighted by atomic mass is 10.1. The van der Waals surface area contributed by atoms with E-state index >= 15 is 0 Å². The maximum absolute atomic E-state index is 13.9. The molecule has 0 aliphatic rings. The first-order valence-corrected chi connectivity index (χ1v) is 10.2. The number of hydrogen-bond donors (Lipinski definition) is 3. The van der Waals surface area contributed by atoms with Crippen molar-refractivity contribution >= 4 is 34.3 Å². The molecule has 1 atom stereocenters. The zero-order chi connectivity index (χ0) is 24.2. The fraction of sp³-hybridized carbons (Fsp3) is 0.0800. The van der Waals surface area contributed by atoms with Crippen LogP contribution in [0.15, 0.2) is 67.0 Å². The molecule has 1 heterocycles. The summed E-state index contributed by atoms with van der Waals surface area (Å²) in [5.41, 5.74) is 1.70. The number of nitriles is 1. The van der Waals surface area contributed by atoms with Crippen LogP contribution >= 0.6 is 0 Å². The van der Waals surface area contributed by atoms with Crippen molar-refractivity contribution < 1.29 is 19.1 Å². The highest BCUT2D eigenvalue weighted by molar-refractivity contribution is 6.05. The number of nitrogens with one attached hydrogen (secondary N) is 2. The van der Waals surface area contributed by atoms with E-state index in [4.69, 9.17) is 5.26 Å². The van der Waals surface area contributed by atoms with E-state index in [2.05, 4.69) is 20.6 Å². The third-order valence-corrected chi connectivity index (χ3v) is 5.24. The van der Waals surface area contributed by atoms with Crippen LogP contribution in [0.2, 0.25) is 0 Å². The van der Waals surface area contributed by atoms with E-state index in [1.54, 1.807) is 36.4 Å². The summed E-state index contributed by atoms with van der Waals surface area (Å²) >= 11 is 0. The van der Waals surface area contributed by atoms with E-state index in [1.165, 1.54) is 24.5 Å². The fourth-order valence-electron chi connectivity index (χ4n) is 3.50. The molecule has 168 valence electrons. The molecule has 1 aromatic heterocycles. The number of hydrogen-bond acceptors (Lipinski definition) is 6. The highest BCUT2D eigenvalue weighted by Crippen LogP contribution is 2.27. The lowest BCUT2D eigenvalue weighted by molar-refractivity contribution is 0.0698. The van der Waals surface area contributed by atoms with Gasteiger partial charge in [0.05, 0.1) is 22.7 Å². The molecule has 0 saturated heterocycles. The topological polar surface area (TPSA) is 128 Å². The molecule has 0 aliphatic carbocycles. The Labute approximate surface area is 193 Å². The molecule has 0 fully saturated rings. The van der Waals surface area contributed by atoms with Crippen LogP contribution in [-0.2, 0) is 0 Å². The highest BCUT2D eigenvalue weighted by Gasteiger charge is 2.15. The molecular formula is C25H18FN5O3. The van der Waals surface area contributed by atoms with Crippen molar-refractivity contribution in [3.8, 4) is 6.07 Å². The van der Waals surface area contributed by atoms with Gasteiger partial charge in [-0.3, -0.25) is 4.79 Å². The zero-order valence-corrected chi connectivity index (χ0v) is 17.9. The average molecular weight is 455 g/mol. The van der Waals surface area contributed by atoms with Crippen LogP contribution in [-0.4, -0.2) is 27.0 Å². The Morgan fingerprint density at radius 2 is 1.88 bits per heavy atom. The highest BCUT2D eigenvalue weighted by atomic mass is 19.1. The molecule has 3 aromatic carbocycles. The summed E-state index contributed by atoms with van der Waals surface area (Å²) in [6.45, 7) is 1.89. The fourth-order valence-corrected chi connectivity index (χ4v) is 3.50. The summed E-state index contributed by atoms with van der Waals surface area (Å²) in [4.78, 5) is 32.4. The van der Waals surface area contributed by atoms with Gasteiger partial charge >= 0.3 is 5.97 Å². The van der Waals surface area contributed by atoms with E-state index in [-0.39, 0.29) is 22.7 Å². The lowest BCUT2D eigenvalue weighted by Gasteiger charge is -2.17. The second kappa shape index (κ2) is 9.34. The third kappa shape index (κ3) is 4.52. The number of aromatic carboxylic acids is 1. The molecule has 0 spiro atoms. The van der Waals surface area contributed by atoms with Crippen molar-refractivity contribution in [2.75, 3.05) is 10.6 Å². The average Bonchev–Trinajstić information content (AvgIpc) is 2.83. The van der Waals surface area contributed by atoms with Gasteiger partial charge in [0, 0.05) is 16.6 Å². The van der Waals surface area contributed by atoms with Gasteiger partial charge in [-0.2, -0.15) is 5.26 Å². The molecule has 3 N–H and O–H groups in total. The molecule has 9 heteroatoms. The second-order valence-corrected chi connectivity index (χ2v) is 7.48. The van der Waals surface area contributed by atoms with Crippen LogP contribution in [0.4, 0.5) is 15.9 Å². The molecule has 0 aliphatic heterocycles. The minimum absolute atomic E-state index is 0.0829. The first kappa shape index (κ1) is 22.4. The van der Waals surface area contributed by atoms with Crippen molar-refractivity contribution in [3.05, 3.63) is 95.1 Å². The summed E-state index contributed by atoms with van der Waals surface area (Å²) in [7, 11) is 0. The Kier molecular flexibility index (Phi) is 6.14. The number of nitrogens with zero attached hydrogens (tertiary/aromatic N) is 3. The minimum Gasteiger partial charge on any atom is -0.478 e. The van der Waals surface area contributed by atoms with Crippen molar-refractivity contribution in [2.24, 2.45) is 0 Å². The lowest BCUT2D eigenvalue weighted by Crippen LogP contribution is -2.13. The maximum Gasteiger partial charge on any atom is 0.337 e. The van der Waals surface area contributed by atoms with Crippen molar-refractivity contribution in [1.29, 1.82) is 5.26 Å². The number of carboxylic acids is 1. The van der Waals surface area contributed by atoms with Crippen LogP contribution in [0.3, 0.4) is 0 Å². The smallest absolute Gasteiger partial charge is 0.337 e. The summed E-state index contributed by atoms with van der Waals surface area (Å²) in [5.74, 6) is -1.87. The van der Waals surface area contributed by atoms with E-state index in [9.17, 15) is 19.1 Å². The molecule has 0 saturated carbocycles. The Hall–Kier alpha value is -4.84. The van der Waals surface area contributed by atoms with Crippen LogP contribution in [0.5, 0.6) is 0 Å². The van der Waals surface area contributed by atoms with Gasteiger partial charge in [-0.15, -0.1) is 0 Å². The Morgan fingerprint density at radius 1 is 1.09 bits per heavy atom. The molecule has 4 aromatic rings. The van der Waals surface area contributed by atoms with Gasteiger partial charge < -0.3 is 15.7 Å². The molecule has 1 unspecified atom stereocenters. The number of amides is 1. The molecule has 0 radical (unpaired) electrons. The van der Waals surface area contributed by atoms with Crippen molar-refractivity contribution in [3.63, 3.8) is 0 Å². The van der Waals surface area contributed by atoms with Gasteiger partial charge in [0.2, 0.25) is 0 Å². The summed E-state index contributed by atoms with van der Waals surface area (Å²) in [6.07, 6.45) is 1.30. The first-order chi connectivity index (χ1) is 16.4. The van der Waals surface area contributed by atoms with Crippen LogP contribution in [0.25, 0.3) is 10.9 Å². The van der Waals surface area contributed by atoms with Gasteiger partial charge in [-0.25, -0.2) is 19.2 Å². The van der Waals surface area contributed by atoms with Gasteiger partial charge in [-0.1, -0.05) is 18.2 Å². The van der Waals surface area contributed by atoms with Crippen molar-refractivity contribution in [1.82, 2.24) is 9.97 Å². The Bertz CT molecular complexity index is 1460. The number of halogens is 1. The molecule has 34 heavy (non-hydrogen) atoms. The maximum atomic E-state index is 13.9. The number of para-hydroxylation sites is 1. The van der Waals surface area contributed by atoms with E-state index in [0.717, 1.165) is 11.6 Å². The number of carbonyl (C=O) groups excluding carboxylic acids is 1. The van der Waals surface area contributed by atoms with Crippen LogP contribution in [0.1, 0.15) is 44.8 Å². The second-order valence-electron chi connectivity index (χ2n) is 7.48. The number of rotatable bonds is 6. The minimum atomic E-state index is -1.08. The normalized spacial score (nSPS) is 11.4. The summed E-state index contributed by atoms with van der Waals surface area (Å²) in [6, 6.07) is 17.1. The quantitative estimate of drug-likeness (QED) is 0.382. The molecule has 0 bridgehead atoms. The number of benzene rings is 3. The number of aromatic nitrogens is 2. The van der Waals surface area contributed by atoms with Crippen LogP contribution < -0.4 is 10.6 Å². The third-order valence-electron chi connectivity index (χ3n) is 5.24. The molecule has 4 rings (SSSR count). The van der Waals surface area contributed by atoms with Gasteiger partial charge in [-0.05, 0) is 55.0 Å². The van der Waals surface area contributed by atoms with Crippen LogP contribution in [0, 0.1) is 17.1 Å². The van der Waals surface area contributed by atoms with E-state index in [1.807, 2.05) is 13.0 Å². The van der Waals surface area contributed by atoms with Gasteiger partial charge in [0.1, 0.15) is 24.0 Å². The Morgan fingerprint density at radius 3 is 2.62 bits per heavy atom. The van der Waals surface area contributed by atoms with Gasteiger partial charge in [0.15, 0.2) is 0 Å². The predicted octanol–water partition coefficient (Wildman–Crippen LogP) is 4.76. The van der Waals surface area contributed by atoms with E-state index in [0.29, 0.717) is 22.4 Å². The largest absolute Gasteiger partial charge is 0.478 e. The number of carboxylic acid groups (broad SMARTS) is 1. The number of carbonyl (C=O) groups is 2. The molecule has 1 amide bonds. The van der Waals surface area contributed by atoms with E-state index < -0.39 is 17.7 Å². The molecular weight excluding hydrogens is 437 g/mol. The Balaban J connectivity index is 1.55. The predicted molar refractivity (Wildman–Crippen MR) is 124 cm³/mol. The number of fused-ring (bicyclic) bond motifs is 1. The first-order valence-electron chi connectivity index (χ1n) is 10.2. The summed E-state index contributed by atoms with van der Waals surface area (Å²) in [5, 5.41) is 24.8. The number of anilines is 2.